The summed E-state index contributed by atoms with van der Waals surface area (Å²) in [5.74, 6) is 0.411. The molecule has 0 atom stereocenters. The number of benzene rings is 1. The summed E-state index contributed by atoms with van der Waals surface area (Å²) in [6.45, 7) is 3.74. The average Bonchev–Trinajstić information content (AvgIpc) is 3.07. The van der Waals surface area contributed by atoms with Crippen LogP contribution in [0.2, 0.25) is 0 Å². The minimum atomic E-state index is -0.101. The van der Waals surface area contributed by atoms with E-state index in [0.29, 0.717) is 48.9 Å². The maximum atomic E-state index is 12.7. The molecular formula is C19H18N4O3. The number of fused-ring (bicyclic) bond motifs is 1. The molecule has 26 heavy (non-hydrogen) atoms. The molecule has 0 N–H and O–H groups in total. The molecule has 7 heteroatoms. The maximum Gasteiger partial charge on any atom is 0.272 e. The standard InChI is InChI=1S/C19H18N4O3/c1-13-21-15-6-5-14(12-17(15)26-13)18(24)22-8-10-23(11-9-22)19(25)16-4-2-3-7-20-16/h2-7,12H,8-11H2,1H3. The summed E-state index contributed by atoms with van der Waals surface area (Å²) in [5, 5.41) is 0. The Labute approximate surface area is 150 Å². The number of hydrogen-bond acceptors (Lipinski definition) is 5. The summed E-state index contributed by atoms with van der Waals surface area (Å²) >= 11 is 0. The Morgan fingerprint density at radius 2 is 1.73 bits per heavy atom. The number of oxazole rings is 1. The summed E-state index contributed by atoms with van der Waals surface area (Å²) in [6.07, 6.45) is 1.61. The molecule has 0 spiro atoms. The Balaban J connectivity index is 1.43. The lowest BCUT2D eigenvalue weighted by molar-refractivity contribution is 0.0532. The van der Waals surface area contributed by atoms with Gasteiger partial charge >= 0.3 is 0 Å². The zero-order valence-corrected chi connectivity index (χ0v) is 14.4. The van der Waals surface area contributed by atoms with Crippen molar-refractivity contribution in [2.45, 2.75) is 6.92 Å². The number of rotatable bonds is 2. The van der Waals surface area contributed by atoms with Crippen molar-refractivity contribution in [1.29, 1.82) is 0 Å². The molecule has 2 amide bonds. The molecule has 132 valence electrons. The van der Waals surface area contributed by atoms with Crippen molar-refractivity contribution in [2.75, 3.05) is 26.2 Å². The van der Waals surface area contributed by atoms with E-state index < -0.39 is 0 Å². The van der Waals surface area contributed by atoms with E-state index in [4.69, 9.17) is 4.42 Å². The van der Waals surface area contributed by atoms with E-state index >= 15 is 0 Å². The Bertz CT molecular complexity index is 959. The predicted molar refractivity (Wildman–Crippen MR) is 94.8 cm³/mol. The number of amides is 2. The van der Waals surface area contributed by atoms with Crippen molar-refractivity contribution in [1.82, 2.24) is 19.8 Å². The molecule has 1 aliphatic rings. The molecule has 4 rings (SSSR count). The van der Waals surface area contributed by atoms with Crippen LogP contribution < -0.4 is 0 Å². The third-order valence-electron chi connectivity index (χ3n) is 4.48. The fraction of sp³-hybridized carbons (Fsp3) is 0.263. The summed E-state index contributed by atoms with van der Waals surface area (Å²) in [4.78, 5) is 37.0. The number of aryl methyl sites for hydroxylation is 1. The largest absolute Gasteiger partial charge is 0.441 e. The number of nitrogens with zero attached hydrogens (tertiary/aromatic N) is 4. The van der Waals surface area contributed by atoms with Crippen LogP contribution in [0.1, 0.15) is 26.7 Å². The van der Waals surface area contributed by atoms with Crippen LogP contribution >= 0.6 is 0 Å². The Morgan fingerprint density at radius 1 is 1.00 bits per heavy atom. The van der Waals surface area contributed by atoms with E-state index in [0.717, 1.165) is 5.52 Å². The topological polar surface area (TPSA) is 79.5 Å². The fourth-order valence-corrected chi connectivity index (χ4v) is 3.12. The number of piperazine rings is 1. The van der Waals surface area contributed by atoms with E-state index in [1.165, 1.54) is 0 Å². The molecule has 1 aromatic carbocycles. The van der Waals surface area contributed by atoms with E-state index in [-0.39, 0.29) is 11.8 Å². The van der Waals surface area contributed by atoms with Crippen LogP contribution in [0.5, 0.6) is 0 Å². The molecule has 1 fully saturated rings. The van der Waals surface area contributed by atoms with Gasteiger partial charge in [0.2, 0.25) is 0 Å². The maximum absolute atomic E-state index is 12.7. The third-order valence-corrected chi connectivity index (χ3v) is 4.48. The monoisotopic (exact) mass is 350 g/mol. The van der Waals surface area contributed by atoms with Gasteiger partial charge in [0, 0.05) is 44.9 Å². The molecule has 7 nitrogen and oxygen atoms in total. The molecule has 0 saturated carbocycles. The van der Waals surface area contributed by atoms with Crippen LogP contribution in [0.4, 0.5) is 0 Å². The minimum absolute atomic E-state index is 0.0640. The van der Waals surface area contributed by atoms with Gasteiger partial charge in [-0.1, -0.05) is 6.07 Å². The second-order valence-corrected chi connectivity index (χ2v) is 6.21. The molecule has 3 heterocycles. The quantitative estimate of drug-likeness (QED) is 0.707. The number of carbonyl (C=O) groups excluding carboxylic acids is 2. The highest BCUT2D eigenvalue weighted by Crippen LogP contribution is 2.19. The van der Waals surface area contributed by atoms with Gasteiger partial charge in [0.15, 0.2) is 11.5 Å². The highest BCUT2D eigenvalue weighted by Gasteiger charge is 2.26. The van der Waals surface area contributed by atoms with Gasteiger partial charge in [-0.05, 0) is 30.3 Å². The Kier molecular flexibility index (Phi) is 4.12. The third kappa shape index (κ3) is 3.03. The van der Waals surface area contributed by atoms with Crippen molar-refractivity contribution < 1.29 is 14.0 Å². The van der Waals surface area contributed by atoms with Crippen LogP contribution in [0.25, 0.3) is 11.1 Å². The van der Waals surface area contributed by atoms with Crippen LogP contribution in [-0.4, -0.2) is 57.8 Å². The van der Waals surface area contributed by atoms with Crippen LogP contribution in [0.3, 0.4) is 0 Å². The van der Waals surface area contributed by atoms with Gasteiger partial charge < -0.3 is 14.2 Å². The fourth-order valence-electron chi connectivity index (χ4n) is 3.12. The first-order valence-corrected chi connectivity index (χ1v) is 8.48. The lowest BCUT2D eigenvalue weighted by Gasteiger charge is -2.34. The van der Waals surface area contributed by atoms with Crippen molar-refractivity contribution >= 4 is 22.9 Å². The Hall–Kier alpha value is -3.22. The van der Waals surface area contributed by atoms with Crippen molar-refractivity contribution in [3.8, 4) is 0 Å². The molecule has 0 unspecified atom stereocenters. The predicted octanol–water partition coefficient (Wildman–Crippen LogP) is 2.13. The van der Waals surface area contributed by atoms with Crippen molar-refractivity contribution in [3.63, 3.8) is 0 Å². The SMILES string of the molecule is Cc1nc2ccc(C(=O)N3CCN(C(=O)c4ccccn4)CC3)cc2o1. The zero-order valence-electron chi connectivity index (χ0n) is 14.4. The Morgan fingerprint density at radius 3 is 2.42 bits per heavy atom. The zero-order chi connectivity index (χ0) is 18.1. The normalized spacial score (nSPS) is 14.7. The molecule has 0 radical (unpaired) electrons. The van der Waals surface area contributed by atoms with Crippen LogP contribution in [0.15, 0.2) is 47.0 Å². The molecule has 1 aliphatic heterocycles. The molecule has 0 aliphatic carbocycles. The lowest BCUT2D eigenvalue weighted by atomic mass is 10.1. The van der Waals surface area contributed by atoms with E-state index in [1.807, 2.05) is 0 Å². The summed E-state index contributed by atoms with van der Waals surface area (Å²) in [6, 6.07) is 10.6. The molecule has 1 saturated heterocycles. The van der Waals surface area contributed by atoms with Crippen LogP contribution in [-0.2, 0) is 0 Å². The van der Waals surface area contributed by atoms with Gasteiger partial charge in [0.25, 0.3) is 11.8 Å². The second kappa shape index (κ2) is 6.59. The van der Waals surface area contributed by atoms with Gasteiger partial charge in [0.05, 0.1) is 0 Å². The summed E-state index contributed by atoms with van der Waals surface area (Å²) in [5.41, 5.74) is 2.35. The first-order valence-electron chi connectivity index (χ1n) is 8.48. The first-order chi connectivity index (χ1) is 12.6. The smallest absolute Gasteiger partial charge is 0.272 e. The molecular weight excluding hydrogens is 332 g/mol. The highest BCUT2D eigenvalue weighted by atomic mass is 16.3. The van der Waals surface area contributed by atoms with Crippen molar-refractivity contribution in [2.24, 2.45) is 0 Å². The van der Waals surface area contributed by atoms with Crippen LogP contribution in [0, 0.1) is 6.92 Å². The van der Waals surface area contributed by atoms with Gasteiger partial charge in [-0.25, -0.2) is 4.98 Å². The first kappa shape index (κ1) is 16.3. The van der Waals surface area contributed by atoms with Crippen molar-refractivity contribution in [3.05, 3.63) is 59.7 Å². The number of pyridine rings is 1. The number of aromatic nitrogens is 2. The lowest BCUT2D eigenvalue weighted by Crippen LogP contribution is -2.50. The number of hydrogen-bond donors (Lipinski definition) is 0. The van der Waals surface area contributed by atoms with E-state index in [2.05, 4.69) is 9.97 Å². The number of carbonyl (C=O) groups is 2. The second-order valence-electron chi connectivity index (χ2n) is 6.21. The summed E-state index contributed by atoms with van der Waals surface area (Å²) in [7, 11) is 0. The van der Waals surface area contributed by atoms with Gasteiger partial charge in [0.1, 0.15) is 11.2 Å². The van der Waals surface area contributed by atoms with Gasteiger partial charge in [-0.3, -0.25) is 14.6 Å². The minimum Gasteiger partial charge on any atom is -0.441 e. The highest BCUT2D eigenvalue weighted by molar-refractivity contribution is 5.97. The molecule has 0 bridgehead atoms. The average molecular weight is 350 g/mol. The summed E-state index contributed by atoms with van der Waals surface area (Å²) < 4.78 is 5.50. The molecule has 3 aromatic rings. The van der Waals surface area contributed by atoms with E-state index in [1.54, 1.807) is 59.3 Å². The van der Waals surface area contributed by atoms with E-state index in [9.17, 15) is 9.59 Å². The van der Waals surface area contributed by atoms with Gasteiger partial charge in [-0.2, -0.15) is 0 Å². The van der Waals surface area contributed by atoms with Gasteiger partial charge in [-0.15, -0.1) is 0 Å². The molecule has 2 aromatic heterocycles.